The number of rotatable bonds is 4. The van der Waals surface area contributed by atoms with Gasteiger partial charge in [-0.3, -0.25) is 0 Å². The topological polar surface area (TPSA) is 26.7 Å². The van der Waals surface area contributed by atoms with E-state index >= 15 is 0 Å². The molecular formula is C14H20F2N2O. The Balaban J connectivity index is 1.87. The molecular weight excluding hydrogens is 250 g/mol. The van der Waals surface area contributed by atoms with Crippen molar-refractivity contribution < 1.29 is 13.9 Å². The van der Waals surface area contributed by atoms with E-state index < -0.39 is 17.7 Å². The Labute approximate surface area is 112 Å². The molecule has 19 heavy (non-hydrogen) atoms. The fraction of sp³-hybridized carbons (Fsp3) is 0.571. The highest BCUT2D eigenvalue weighted by molar-refractivity contribution is 5.21. The van der Waals surface area contributed by atoms with Crippen LogP contribution < -0.4 is 0 Å². The number of hydrogen-bond acceptors (Lipinski definition) is 3. The molecule has 1 aliphatic rings. The number of likely N-dealkylation sites (N-methyl/N-ethyl adjacent to an activating group) is 1. The van der Waals surface area contributed by atoms with Crippen molar-refractivity contribution in [2.24, 2.45) is 0 Å². The van der Waals surface area contributed by atoms with Gasteiger partial charge < -0.3 is 14.9 Å². The number of piperazine rings is 1. The lowest BCUT2D eigenvalue weighted by molar-refractivity contribution is 0.111. The summed E-state index contributed by atoms with van der Waals surface area (Å²) in [6, 6.07) is 3.19. The van der Waals surface area contributed by atoms with Crippen molar-refractivity contribution in [3.63, 3.8) is 0 Å². The van der Waals surface area contributed by atoms with Gasteiger partial charge in [-0.05, 0) is 31.7 Å². The minimum atomic E-state index is -0.949. The summed E-state index contributed by atoms with van der Waals surface area (Å²) >= 11 is 0. The molecule has 2 rings (SSSR count). The number of benzene rings is 1. The fourth-order valence-corrected chi connectivity index (χ4v) is 2.30. The van der Waals surface area contributed by atoms with E-state index in [1.54, 1.807) is 0 Å². The van der Waals surface area contributed by atoms with Crippen molar-refractivity contribution in [1.82, 2.24) is 9.80 Å². The predicted molar refractivity (Wildman–Crippen MR) is 69.9 cm³/mol. The molecule has 1 N–H and O–H groups in total. The van der Waals surface area contributed by atoms with Crippen molar-refractivity contribution in [3.05, 3.63) is 35.4 Å². The Morgan fingerprint density at radius 1 is 1.21 bits per heavy atom. The van der Waals surface area contributed by atoms with Crippen LogP contribution in [0.5, 0.6) is 0 Å². The van der Waals surface area contributed by atoms with Crippen molar-refractivity contribution >= 4 is 0 Å². The van der Waals surface area contributed by atoms with E-state index in [9.17, 15) is 13.9 Å². The molecule has 0 bridgehead atoms. The molecule has 0 aromatic heterocycles. The van der Waals surface area contributed by atoms with E-state index in [-0.39, 0.29) is 5.56 Å². The SMILES string of the molecule is CN1CCN(CCC(O)c2cc(F)ccc2F)CC1. The number of aliphatic hydroxyl groups is 1. The van der Waals surface area contributed by atoms with Gasteiger partial charge >= 0.3 is 0 Å². The molecule has 0 aliphatic carbocycles. The Morgan fingerprint density at radius 2 is 1.89 bits per heavy atom. The molecule has 0 amide bonds. The summed E-state index contributed by atoms with van der Waals surface area (Å²) in [6.07, 6.45) is -0.528. The zero-order valence-electron chi connectivity index (χ0n) is 11.1. The zero-order valence-corrected chi connectivity index (χ0v) is 11.1. The van der Waals surface area contributed by atoms with Crippen LogP contribution in [0.4, 0.5) is 8.78 Å². The third kappa shape index (κ3) is 3.96. The number of hydrogen-bond donors (Lipinski definition) is 1. The van der Waals surface area contributed by atoms with Crippen LogP contribution >= 0.6 is 0 Å². The van der Waals surface area contributed by atoms with E-state index in [4.69, 9.17) is 0 Å². The summed E-state index contributed by atoms with van der Waals surface area (Å²) in [4.78, 5) is 4.49. The molecule has 3 nitrogen and oxygen atoms in total. The summed E-state index contributed by atoms with van der Waals surface area (Å²) < 4.78 is 26.5. The van der Waals surface area contributed by atoms with Crippen LogP contribution in [0, 0.1) is 11.6 Å². The molecule has 106 valence electrons. The molecule has 1 aromatic carbocycles. The van der Waals surface area contributed by atoms with Crippen LogP contribution in [-0.4, -0.2) is 54.7 Å². The first-order valence-electron chi connectivity index (χ1n) is 6.60. The average molecular weight is 270 g/mol. The van der Waals surface area contributed by atoms with Gasteiger partial charge in [0.2, 0.25) is 0 Å². The lowest BCUT2D eigenvalue weighted by atomic mass is 10.1. The summed E-state index contributed by atoms with van der Waals surface area (Å²) in [5, 5.41) is 9.96. The smallest absolute Gasteiger partial charge is 0.129 e. The third-order valence-corrected chi connectivity index (χ3v) is 3.63. The van der Waals surface area contributed by atoms with Crippen molar-refractivity contribution in [2.45, 2.75) is 12.5 Å². The Bertz CT molecular complexity index is 420. The highest BCUT2D eigenvalue weighted by atomic mass is 19.1. The molecule has 0 radical (unpaired) electrons. The van der Waals surface area contributed by atoms with Gasteiger partial charge in [-0.1, -0.05) is 0 Å². The van der Waals surface area contributed by atoms with Crippen LogP contribution in [0.1, 0.15) is 18.1 Å². The van der Waals surface area contributed by atoms with Gasteiger partial charge in [0.05, 0.1) is 6.10 Å². The molecule has 1 heterocycles. The highest BCUT2D eigenvalue weighted by Gasteiger charge is 2.18. The lowest BCUT2D eigenvalue weighted by Crippen LogP contribution is -2.44. The summed E-state index contributed by atoms with van der Waals surface area (Å²) in [5.74, 6) is -1.07. The van der Waals surface area contributed by atoms with E-state index in [1.807, 2.05) is 0 Å². The number of halogens is 2. The molecule has 1 atom stereocenters. The van der Waals surface area contributed by atoms with Crippen molar-refractivity contribution in [2.75, 3.05) is 39.8 Å². The first kappa shape index (κ1) is 14.4. The molecule has 1 fully saturated rings. The first-order chi connectivity index (χ1) is 9.06. The quantitative estimate of drug-likeness (QED) is 0.901. The van der Waals surface area contributed by atoms with Crippen LogP contribution in [0.25, 0.3) is 0 Å². The van der Waals surface area contributed by atoms with Crippen LogP contribution in [0.2, 0.25) is 0 Å². The Morgan fingerprint density at radius 3 is 2.58 bits per heavy atom. The maximum absolute atomic E-state index is 13.5. The normalized spacial score (nSPS) is 19.6. The van der Waals surface area contributed by atoms with Gasteiger partial charge in [0.15, 0.2) is 0 Å². The Kier molecular flexibility index (Phi) is 4.85. The standard InChI is InChI=1S/C14H20F2N2O/c1-17-6-8-18(9-7-17)5-4-14(19)12-10-11(15)2-3-13(12)16/h2-3,10,14,19H,4-9H2,1H3. The molecule has 0 spiro atoms. The number of nitrogens with zero attached hydrogens (tertiary/aromatic N) is 2. The first-order valence-corrected chi connectivity index (χ1v) is 6.60. The van der Waals surface area contributed by atoms with Crippen molar-refractivity contribution in [1.29, 1.82) is 0 Å². The maximum atomic E-state index is 13.5. The van der Waals surface area contributed by atoms with Crippen LogP contribution in [-0.2, 0) is 0 Å². The Hall–Kier alpha value is -1.04. The van der Waals surface area contributed by atoms with Gasteiger partial charge in [0, 0.05) is 38.3 Å². The van der Waals surface area contributed by atoms with Crippen LogP contribution in [0.15, 0.2) is 18.2 Å². The van der Waals surface area contributed by atoms with E-state index in [0.29, 0.717) is 13.0 Å². The largest absolute Gasteiger partial charge is 0.388 e. The van der Waals surface area contributed by atoms with E-state index in [1.165, 1.54) is 0 Å². The maximum Gasteiger partial charge on any atom is 0.129 e. The fourth-order valence-electron chi connectivity index (χ4n) is 2.30. The summed E-state index contributed by atoms with van der Waals surface area (Å²) in [7, 11) is 2.08. The molecule has 0 saturated carbocycles. The second kappa shape index (κ2) is 6.41. The second-order valence-electron chi connectivity index (χ2n) is 5.12. The second-order valence-corrected chi connectivity index (χ2v) is 5.12. The minimum absolute atomic E-state index is 0.0501. The molecule has 1 unspecified atom stereocenters. The van der Waals surface area contributed by atoms with E-state index in [2.05, 4.69) is 16.8 Å². The average Bonchev–Trinajstić information content (AvgIpc) is 2.40. The third-order valence-electron chi connectivity index (χ3n) is 3.63. The monoisotopic (exact) mass is 270 g/mol. The minimum Gasteiger partial charge on any atom is -0.388 e. The van der Waals surface area contributed by atoms with Gasteiger partial charge in [-0.15, -0.1) is 0 Å². The van der Waals surface area contributed by atoms with Gasteiger partial charge in [0.25, 0.3) is 0 Å². The van der Waals surface area contributed by atoms with Crippen LogP contribution in [0.3, 0.4) is 0 Å². The highest BCUT2D eigenvalue weighted by Crippen LogP contribution is 2.21. The van der Waals surface area contributed by atoms with Gasteiger partial charge in [0.1, 0.15) is 11.6 Å². The molecule has 1 aromatic rings. The lowest BCUT2D eigenvalue weighted by Gasteiger charge is -2.32. The van der Waals surface area contributed by atoms with Gasteiger partial charge in [-0.2, -0.15) is 0 Å². The van der Waals surface area contributed by atoms with Gasteiger partial charge in [-0.25, -0.2) is 8.78 Å². The predicted octanol–water partition coefficient (Wildman–Crippen LogP) is 1.64. The molecule has 1 saturated heterocycles. The van der Waals surface area contributed by atoms with Crippen molar-refractivity contribution in [3.8, 4) is 0 Å². The molecule has 5 heteroatoms. The van der Waals surface area contributed by atoms with E-state index in [0.717, 1.165) is 44.4 Å². The molecule has 1 aliphatic heterocycles. The summed E-state index contributed by atoms with van der Waals surface area (Å²) in [6.45, 7) is 4.61. The zero-order chi connectivity index (χ0) is 13.8. The summed E-state index contributed by atoms with van der Waals surface area (Å²) in [5.41, 5.74) is 0.0501. The number of aliphatic hydroxyl groups excluding tert-OH is 1.